The van der Waals surface area contributed by atoms with Gasteiger partial charge in [-0.3, -0.25) is 9.69 Å². The fraction of sp³-hybridized carbons (Fsp3) is 0.929. The van der Waals surface area contributed by atoms with Crippen LogP contribution in [-0.2, 0) is 4.79 Å². The molecule has 0 bridgehead atoms. The molecule has 2 heteroatoms. The SMILES string of the molecule is CC1CCN(CC(=O)C2CCCC2)C(C)C1. The Morgan fingerprint density at radius 3 is 2.50 bits per heavy atom. The molecule has 0 aromatic rings. The van der Waals surface area contributed by atoms with Gasteiger partial charge in [0.05, 0.1) is 6.54 Å². The number of ketones is 1. The predicted octanol–water partition coefficient (Wildman–Crippen LogP) is 2.87. The first-order valence-electron chi connectivity index (χ1n) is 6.93. The average molecular weight is 223 g/mol. The Balaban J connectivity index is 1.82. The molecule has 2 fully saturated rings. The summed E-state index contributed by atoms with van der Waals surface area (Å²) >= 11 is 0. The largest absolute Gasteiger partial charge is 0.298 e. The topological polar surface area (TPSA) is 20.3 Å². The Bertz CT molecular complexity index is 245. The first-order valence-corrected chi connectivity index (χ1v) is 6.93. The van der Waals surface area contributed by atoms with Gasteiger partial charge in [-0.05, 0) is 45.1 Å². The Labute approximate surface area is 99.4 Å². The number of rotatable bonds is 3. The second kappa shape index (κ2) is 5.31. The average Bonchev–Trinajstić information content (AvgIpc) is 2.75. The van der Waals surface area contributed by atoms with Crippen molar-refractivity contribution < 1.29 is 4.79 Å². The summed E-state index contributed by atoms with van der Waals surface area (Å²) in [5.74, 6) is 1.75. The summed E-state index contributed by atoms with van der Waals surface area (Å²) in [6, 6.07) is 0.606. The molecule has 2 aliphatic rings. The third-order valence-electron chi connectivity index (χ3n) is 4.45. The number of Topliss-reactive ketones (excluding diaryl/α,β-unsaturated/α-hetero) is 1. The molecule has 0 radical (unpaired) electrons. The van der Waals surface area contributed by atoms with Crippen LogP contribution in [0.4, 0.5) is 0 Å². The lowest BCUT2D eigenvalue weighted by Crippen LogP contribution is -2.44. The molecular formula is C14H25NO. The van der Waals surface area contributed by atoms with Crippen LogP contribution in [0, 0.1) is 11.8 Å². The molecule has 2 unspecified atom stereocenters. The number of carbonyl (C=O) groups is 1. The van der Waals surface area contributed by atoms with Crippen molar-refractivity contribution in [3.63, 3.8) is 0 Å². The summed E-state index contributed by atoms with van der Waals surface area (Å²) in [4.78, 5) is 14.5. The van der Waals surface area contributed by atoms with E-state index in [9.17, 15) is 4.79 Å². The van der Waals surface area contributed by atoms with Crippen LogP contribution >= 0.6 is 0 Å². The molecule has 2 nitrogen and oxygen atoms in total. The minimum Gasteiger partial charge on any atom is -0.298 e. The summed E-state index contributed by atoms with van der Waals surface area (Å²) in [7, 11) is 0. The van der Waals surface area contributed by atoms with Gasteiger partial charge in [-0.25, -0.2) is 0 Å². The highest BCUT2D eigenvalue weighted by Gasteiger charge is 2.28. The highest BCUT2D eigenvalue weighted by atomic mass is 16.1. The molecule has 1 aliphatic carbocycles. The molecule has 16 heavy (non-hydrogen) atoms. The van der Waals surface area contributed by atoms with Gasteiger partial charge in [0.1, 0.15) is 5.78 Å². The number of likely N-dealkylation sites (tertiary alicyclic amines) is 1. The molecular weight excluding hydrogens is 198 g/mol. The Hall–Kier alpha value is -0.370. The highest BCUT2D eigenvalue weighted by molar-refractivity contribution is 5.83. The van der Waals surface area contributed by atoms with Gasteiger partial charge in [0.25, 0.3) is 0 Å². The van der Waals surface area contributed by atoms with Gasteiger partial charge in [0.2, 0.25) is 0 Å². The van der Waals surface area contributed by atoms with Crippen molar-refractivity contribution in [3.8, 4) is 0 Å². The fourth-order valence-corrected chi connectivity index (χ4v) is 3.27. The van der Waals surface area contributed by atoms with E-state index in [1.165, 1.54) is 25.7 Å². The Morgan fingerprint density at radius 2 is 1.88 bits per heavy atom. The smallest absolute Gasteiger partial charge is 0.149 e. The van der Waals surface area contributed by atoms with Gasteiger partial charge in [0.15, 0.2) is 0 Å². The van der Waals surface area contributed by atoms with Gasteiger partial charge < -0.3 is 0 Å². The van der Waals surface area contributed by atoms with Crippen LogP contribution in [0.1, 0.15) is 52.4 Å². The number of hydrogen-bond donors (Lipinski definition) is 0. The molecule has 0 spiro atoms. The lowest BCUT2D eigenvalue weighted by molar-refractivity contribution is -0.124. The van der Waals surface area contributed by atoms with Crippen molar-refractivity contribution in [1.82, 2.24) is 4.90 Å². The van der Waals surface area contributed by atoms with Gasteiger partial charge in [-0.2, -0.15) is 0 Å². The lowest BCUT2D eigenvalue weighted by atomic mass is 9.92. The van der Waals surface area contributed by atoms with Gasteiger partial charge >= 0.3 is 0 Å². The first-order chi connectivity index (χ1) is 7.66. The lowest BCUT2D eigenvalue weighted by Gasteiger charge is -2.36. The minimum absolute atomic E-state index is 0.395. The van der Waals surface area contributed by atoms with Crippen molar-refractivity contribution in [2.24, 2.45) is 11.8 Å². The van der Waals surface area contributed by atoms with Crippen LogP contribution in [0.3, 0.4) is 0 Å². The van der Waals surface area contributed by atoms with E-state index in [1.807, 2.05) is 0 Å². The molecule has 2 rings (SSSR count). The highest BCUT2D eigenvalue weighted by Crippen LogP contribution is 2.27. The maximum Gasteiger partial charge on any atom is 0.149 e. The summed E-state index contributed by atoms with van der Waals surface area (Å²) in [5, 5.41) is 0. The maximum absolute atomic E-state index is 12.1. The summed E-state index contributed by atoms with van der Waals surface area (Å²) in [5.41, 5.74) is 0. The normalized spacial score (nSPS) is 33.1. The van der Waals surface area contributed by atoms with Crippen molar-refractivity contribution in [2.75, 3.05) is 13.1 Å². The number of piperidine rings is 1. The van der Waals surface area contributed by atoms with E-state index in [-0.39, 0.29) is 0 Å². The predicted molar refractivity (Wildman–Crippen MR) is 66.4 cm³/mol. The number of nitrogens with zero attached hydrogens (tertiary/aromatic N) is 1. The maximum atomic E-state index is 12.1. The van der Waals surface area contributed by atoms with E-state index in [0.29, 0.717) is 17.7 Å². The monoisotopic (exact) mass is 223 g/mol. The number of carbonyl (C=O) groups excluding carboxylic acids is 1. The number of hydrogen-bond acceptors (Lipinski definition) is 2. The van der Waals surface area contributed by atoms with E-state index in [0.717, 1.165) is 31.8 Å². The molecule has 0 N–H and O–H groups in total. The zero-order valence-corrected chi connectivity index (χ0v) is 10.7. The minimum atomic E-state index is 0.395. The van der Waals surface area contributed by atoms with E-state index in [4.69, 9.17) is 0 Å². The van der Waals surface area contributed by atoms with Crippen LogP contribution in [0.15, 0.2) is 0 Å². The van der Waals surface area contributed by atoms with Crippen molar-refractivity contribution >= 4 is 5.78 Å². The summed E-state index contributed by atoms with van der Waals surface area (Å²) < 4.78 is 0. The zero-order valence-electron chi connectivity index (χ0n) is 10.7. The first kappa shape index (κ1) is 12.1. The molecule has 92 valence electrons. The molecule has 0 amide bonds. The van der Waals surface area contributed by atoms with Crippen LogP contribution in [0.5, 0.6) is 0 Å². The summed E-state index contributed by atoms with van der Waals surface area (Å²) in [6.07, 6.45) is 7.36. The summed E-state index contributed by atoms with van der Waals surface area (Å²) in [6.45, 7) is 6.45. The second-order valence-electron chi connectivity index (χ2n) is 5.90. The van der Waals surface area contributed by atoms with Gasteiger partial charge in [-0.1, -0.05) is 19.8 Å². The van der Waals surface area contributed by atoms with Crippen LogP contribution < -0.4 is 0 Å². The molecule has 1 saturated heterocycles. The second-order valence-corrected chi connectivity index (χ2v) is 5.90. The molecule has 1 aliphatic heterocycles. The van der Waals surface area contributed by atoms with Crippen LogP contribution in [-0.4, -0.2) is 29.8 Å². The third kappa shape index (κ3) is 2.85. The van der Waals surface area contributed by atoms with Crippen molar-refractivity contribution in [2.45, 2.75) is 58.4 Å². The molecule has 0 aromatic carbocycles. The quantitative estimate of drug-likeness (QED) is 0.733. The van der Waals surface area contributed by atoms with E-state index in [2.05, 4.69) is 18.7 Å². The van der Waals surface area contributed by atoms with Crippen LogP contribution in [0.25, 0.3) is 0 Å². The Morgan fingerprint density at radius 1 is 1.19 bits per heavy atom. The standard InChI is InChI=1S/C14H25NO/c1-11-7-8-15(12(2)9-11)10-14(16)13-5-3-4-6-13/h11-13H,3-10H2,1-2H3. The van der Waals surface area contributed by atoms with E-state index < -0.39 is 0 Å². The van der Waals surface area contributed by atoms with Crippen LogP contribution in [0.2, 0.25) is 0 Å². The van der Waals surface area contributed by atoms with E-state index >= 15 is 0 Å². The zero-order chi connectivity index (χ0) is 11.5. The van der Waals surface area contributed by atoms with Crippen molar-refractivity contribution in [3.05, 3.63) is 0 Å². The molecule has 1 saturated carbocycles. The van der Waals surface area contributed by atoms with Gasteiger partial charge in [0, 0.05) is 12.0 Å². The van der Waals surface area contributed by atoms with E-state index in [1.54, 1.807) is 0 Å². The molecule has 2 atom stereocenters. The Kier molecular flexibility index (Phi) is 4.01. The fourth-order valence-electron chi connectivity index (χ4n) is 3.27. The molecule has 0 aromatic heterocycles. The third-order valence-corrected chi connectivity index (χ3v) is 4.45. The van der Waals surface area contributed by atoms with Gasteiger partial charge in [-0.15, -0.1) is 0 Å². The molecule has 1 heterocycles. The van der Waals surface area contributed by atoms with Crippen molar-refractivity contribution in [1.29, 1.82) is 0 Å².